The largest absolute Gasteiger partial charge is 0.484 e. The first kappa shape index (κ1) is 21.7. The van der Waals surface area contributed by atoms with Crippen molar-refractivity contribution in [3.63, 3.8) is 0 Å². The summed E-state index contributed by atoms with van der Waals surface area (Å²) in [4.78, 5) is 26.4. The Bertz CT molecular complexity index is 843. The number of aryl methyl sites for hydroxylation is 2. The van der Waals surface area contributed by atoms with Crippen molar-refractivity contribution in [1.82, 2.24) is 10.2 Å². The second kappa shape index (κ2) is 10.7. The summed E-state index contributed by atoms with van der Waals surface area (Å²) in [7, 11) is 0. The second-order valence-corrected chi connectivity index (χ2v) is 7.57. The maximum absolute atomic E-state index is 12.5. The van der Waals surface area contributed by atoms with Crippen molar-refractivity contribution >= 4 is 11.8 Å². The monoisotopic (exact) mass is 410 g/mol. The molecule has 0 aliphatic carbocycles. The Balaban J connectivity index is 1.37. The molecule has 1 N–H and O–H groups in total. The first-order chi connectivity index (χ1) is 14.5. The van der Waals surface area contributed by atoms with Crippen LogP contribution in [0.15, 0.2) is 48.5 Å². The van der Waals surface area contributed by atoms with E-state index in [-0.39, 0.29) is 31.1 Å². The molecule has 30 heavy (non-hydrogen) atoms. The molecular weight excluding hydrogens is 380 g/mol. The molecule has 0 unspecified atom stereocenters. The molecule has 1 fully saturated rings. The minimum Gasteiger partial charge on any atom is -0.484 e. The van der Waals surface area contributed by atoms with Crippen LogP contribution in [0.1, 0.15) is 30.9 Å². The smallest absolute Gasteiger partial charge is 0.260 e. The molecular formula is C24H30N2O4. The Morgan fingerprint density at radius 2 is 1.70 bits per heavy atom. The Hall–Kier alpha value is -3.02. The molecule has 0 radical (unpaired) electrons. The molecule has 6 nitrogen and oxygen atoms in total. The van der Waals surface area contributed by atoms with E-state index >= 15 is 0 Å². The Morgan fingerprint density at radius 1 is 1.00 bits per heavy atom. The van der Waals surface area contributed by atoms with Crippen LogP contribution in [-0.2, 0) is 16.0 Å². The van der Waals surface area contributed by atoms with Gasteiger partial charge in [-0.1, -0.05) is 42.8 Å². The standard InChI is InChI=1S/C24H30N2O4/c1-3-19-6-4-5-7-22(19)30-17-24(28)26-14-12-20(13-15-26)25-23(27)16-29-21-10-8-18(2)9-11-21/h4-11,20H,3,12-17H2,1-2H3,(H,25,27). The van der Waals surface area contributed by atoms with E-state index < -0.39 is 0 Å². The number of carbonyl (C=O) groups is 2. The van der Waals surface area contributed by atoms with E-state index in [0.717, 1.165) is 36.1 Å². The van der Waals surface area contributed by atoms with Crippen LogP contribution in [0.2, 0.25) is 0 Å². The van der Waals surface area contributed by atoms with E-state index in [2.05, 4.69) is 12.2 Å². The molecule has 2 amide bonds. The second-order valence-electron chi connectivity index (χ2n) is 7.57. The van der Waals surface area contributed by atoms with E-state index in [1.54, 1.807) is 4.90 Å². The van der Waals surface area contributed by atoms with Gasteiger partial charge in [0.2, 0.25) is 0 Å². The molecule has 1 heterocycles. The Labute approximate surface area is 178 Å². The number of likely N-dealkylation sites (tertiary alicyclic amines) is 1. The van der Waals surface area contributed by atoms with Gasteiger partial charge in [-0.25, -0.2) is 0 Å². The van der Waals surface area contributed by atoms with E-state index in [0.29, 0.717) is 18.8 Å². The number of carbonyl (C=O) groups excluding carboxylic acids is 2. The number of rotatable bonds is 8. The Morgan fingerprint density at radius 3 is 2.40 bits per heavy atom. The molecule has 0 bridgehead atoms. The SMILES string of the molecule is CCc1ccccc1OCC(=O)N1CCC(NC(=O)COc2ccc(C)cc2)CC1. The van der Waals surface area contributed by atoms with Gasteiger partial charge in [0.25, 0.3) is 11.8 Å². The molecule has 1 aliphatic heterocycles. The van der Waals surface area contributed by atoms with Crippen molar-refractivity contribution in [2.75, 3.05) is 26.3 Å². The van der Waals surface area contributed by atoms with E-state index in [4.69, 9.17) is 9.47 Å². The lowest BCUT2D eigenvalue weighted by Gasteiger charge is -2.32. The molecule has 2 aromatic rings. The third-order valence-electron chi connectivity index (χ3n) is 5.31. The molecule has 160 valence electrons. The van der Waals surface area contributed by atoms with Crippen LogP contribution < -0.4 is 14.8 Å². The van der Waals surface area contributed by atoms with Crippen LogP contribution >= 0.6 is 0 Å². The van der Waals surface area contributed by atoms with Gasteiger partial charge in [0.05, 0.1) is 0 Å². The van der Waals surface area contributed by atoms with Crippen molar-refractivity contribution in [2.45, 2.75) is 39.2 Å². The fraction of sp³-hybridized carbons (Fsp3) is 0.417. The summed E-state index contributed by atoms with van der Waals surface area (Å²) in [6.07, 6.45) is 2.32. The number of amides is 2. The quantitative estimate of drug-likeness (QED) is 0.726. The molecule has 3 rings (SSSR count). The molecule has 0 spiro atoms. The normalized spacial score (nSPS) is 14.3. The van der Waals surface area contributed by atoms with Crippen molar-refractivity contribution in [2.24, 2.45) is 0 Å². The van der Waals surface area contributed by atoms with Gasteiger partial charge in [0.1, 0.15) is 11.5 Å². The summed E-state index contributed by atoms with van der Waals surface area (Å²) in [5, 5.41) is 3.00. The van der Waals surface area contributed by atoms with E-state index in [1.807, 2.05) is 55.5 Å². The lowest BCUT2D eigenvalue weighted by atomic mass is 10.1. The summed E-state index contributed by atoms with van der Waals surface area (Å²) in [5.74, 6) is 1.29. The van der Waals surface area contributed by atoms with Crippen LogP contribution in [0.5, 0.6) is 11.5 Å². The maximum Gasteiger partial charge on any atom is 0.260 e. The Kier molecular flexibility index (Phi) is 7.71. The average molecular weight is 411 g/mol. The molecule has 1 saturated heterocycles. The fourth-order valence-corrected chi connectivity index (χ4v) is 3.49. The number of hydrogen-bond donors (Lipinski definition) is 1. The fourth-order valence-electron chi connectivity index (χ4n) is 3.49. The number of para-hydroxylation sites is 1. The molecule has 0 saturated carbocycles. The van der Waals surface area contributed by atoms with Crippen LogP contribution in [0, 0.1) is 6.92 Å². The summed E-state index contributed by atoms with van der Waals surface area (Å²) in [6.45, 7) is 5.33. The van der Waals surface area contributed by atoms with Crippen LogP contribution in [0.25, 0.3) is 0 Å². The number of piperidine rings is 1. The summed E-state index contributed by atoms with van der Waals surface area (Å²) in [5.41, 5.74) is 2.24. The van der Waals surface area contributed by atoms with Gasteiger partial charge in [-0.05, 0) is 49.9 Å². The highest BCUT2D eigenvalue weighted by atomic mass is 16.5. The van der Waals surface area contributed by atoms with Crippen LogP contribution in [-0.4, -0.2) is 49.1 Å². The average Bonchev–Trinajstić information content (AvgIpc) is 2.77. The third-order valence-corrected chi connectivity index (χ3v) is 5.31. The zero-order chi connectivity index (χ0) is 21.3. The van der Waals surface area contributed by atoms with Crippen molar-refractivity contribution < 1.29 is 19.1 Å². The highest BCUT2D eigenvalue weighted by Gasteiger charge is 2.24. The zero-order valence-electron chi connectivity index (χ0n) is 17.7. The molecule has 1 aliphatic rings. The summed E-state index contributed by atoms with van der Waals surface area (Å²) < 4.78 is 11.3. The van der Waals surface area contributed by atoms with Gasteiger partial charge in [-0.3, -0.25) is 9.59 Å². The van der Waals surface area contributed by atoms with E-state index in [9.17, 15) is 9.59 Å². The van der Waals surface area contributed by atoms with Crippen molar-refractivity contribution in [1.29, 1.82) is 0 Å². The molecule has 0 atom stereocenters. The highest BCUT2D eigenvalue weighted by Crippen LogP contribution is 2.19. The number of nitrogens with one attached hydrogen (secondary N) is 1. The first-order valence-electron chi connectivity index (χ1n) is 10.5. The number of benzene rings is 2. The van der Waals surface area contributed by atoms with Gasteiger partial charge >= 0.3 is 0 Å². The van der Waals surface area contributed by atoms with Crippen molar-refractivity contribution in [3.05, 3.63) is 59.7 Å². The number of nitrogens with zero attached hydrogens (tertiary/aromatic N) is 1. The minimum atomic E-state index is -0.139. The lowest BCUT2D eigenvalue weighted by molar-refractivity contribution is -0.134. The zero-order valence-corrected chi connectivity index (χ0v) is 17.7. The van der Waals surface area contributed by atoms with Gasteiger partial charge in [0, 0.05) is 19.1 Å². The molecule has 6 heteroatoms. The topological polar surface area (TPSA) is 67.9 Å². The summed E-state index contributed by atoms with van der Waals surface area (Å²) in [6, 6.07) is 15.5. The highest BCUT2D eigenvalue weighted by molar-refractivity contribution is 5.79. The van der Waals surface area contributed by atoms with Gasteiger partial charge in [-0.15, -0.1) is 0 Å². The predicted octanol–water partition coefficient (Wildman–Crippen LogP) is 3.12. The predicted molar refractivity (Wildman–Crippen MR) is 116 cm³/mol. The van der Waals surface area contributed by atoms with E-state index in [1.165, 1.54) is 0 Å². The lowest BCUT2D eigenvalue weighted by Crippen LogP contribution is -2.48. The van der Waals surface area contributed by atoms with Gasteiger partial charge in [0.15, 0.2) is 13.2 Å². The molecule has 0 aromatic heterocycles. The number of ether oxygens (including phenoxy) is 2. The van der Waals surface area contributed by atoms with Gasteiger partial charge < -0.3 is 19.7 Å². The number of hydrogen-bond acceptors (Lipinski definition) is 4. The van der Waals surface area contributed by atoms with Crippen LogP contribution in [0.3, 0.4) is 0 Å². The maximum atomic E-state index is 12.5. The molecule has 2 aromatic carbocycles. The van der Waals surface area contributed by atoms with Crippen molar-refractivity contribution in [3.8, 4) is 11.5 Å². The van der Waals surface area contributed by atoms with Crippen LogP contribution in [0.4, 0.5) is 0 Å². The third kappa shape index (κ3) is 6.24. The summed E-state index contributed by atoms with van der Waals surface area (Å²) >= 11 is 0. The first-order valence-corrected chi connectivity index (χ1v) is 10.5. The minimum absolute atomic E-state index is 0.00706. The van der Waals surface area contributed by atoms with Gasteiger partial charge in [-0.2, -0.15) is 0 Å².